The first-order valence-electron chi connectivity index (χ1n) is 7.45. The smallest absolute Gasteiger partial charge is 0.226 e. The zero-order valence-electron chi connectivity index (χ0n) is 12.9. The fourth-order valence-corrected chi connectivity index (χ4v) is 2.63. The lowest BCUT2D eigenvalue weighted by atomic mass is 10.0. The minimum absolute atomic E-state index is 0.00132. The molecule has 0 radical (unpaired) electrons. The summed E-state index contributed by atoms with van der Waals surface area (Å²) in [5, 5.41) is 6.26. The van der Waals surface area contributed by atoms with Crippen LogP contribution in [0.3, 0.4) is 0 Å². The number of nitrogens with one attached hydrogen (secondary N) is 2. The van der Waals surface area contributed by atoms with Crippen LogP contribution >= 0.6 is 15.9 Å². The second-order valence-corrected chi connectivity index (χ2v) is 6.30. The topological polar surface area (TPSA) is 41.1 Å². The Labute approximate surface area is 140 Å². The standard InChI is InChI=1S/C18H21BrN2O/c1-13(2)14-7-3-5-9-16(14)20-12-11-18(22)21-17-10-6-4-8-15(17)19/h3-10,13,20H,11-12H2,1-2H3,(H,21,22). The maximum Gasteiger partial charge on any atom is 0.226 e. The Kier molecular flexibility index (Phi) is 6.01. The number of carbonyl (C=O) groups excluding carboxylic acids is 1. The number of carbonyl (C=O) groups is 1. The van der Waals surface area contributed by atoms with E-state index in [0.29, 0.717) is 18.9 Å². The molecule has 0 saturated carbocycles. The molecule has 0 aliphatic carbocycles. The van der Waals surface area contributed by atoms with Crippen LogP contribution in [0.4, 0.5) is 11.4 Å². The lowest BCUT2D eigenvalue weighted by Crippen LogP contribution is -2.17. The van der Waals surface area contributed by atoms with Crippen molar-refractivity contribution in [1.82, 2.24) is 0 Å². The summed E-state index contributed by atoms with van der Waals surface area (Å²) in [4.78, 5) is 12.0. The van der Waals surface area contributed by atoms with Gasteiger partial charge in [-0.15, -0.1) is 0 Å². The van der Waals surface area contributed by atoms with Crippen LogP contribution in [0.25, 0.3) is 0 Å². The van der Waals surface area contributed by atoms with E-state index in [1.807, 2.05) is 36.4 Å². The predicted octanol–water partition coefficient (Wildman–Crippen LogP) is 5.01. The van der Waals surface area contributed by atoms with Crippen LogP contribution in [0.15, 0.2) is 53.0 Å². The summed E-state index contributed by atoms with van der Waals surface area (Å²) in [6.45, 7) is 4.94. The maximum absolute atomic E-state index is 12.0. The van der Waals surface area contributed by atoms with Gasteiger partial charge >= 0.3 is 0 Å². The van der Waals surface area contributed by atoms with E-state index < -0.39 is 0 Å². The van der Waals surface area contributed by atoms with Crippen molar-refractivity contribution in [3.05, 3.63) is 58.6 Å². The van der Waals surface area contributed by atoms with E-state index in [1.54, 1.807) is 0 Å². The third-order valence-corrected chi connectivity index (χ3v) is 4.09. The zero-order valence-corrected chi connectivity index (χ0v) is 14.5. The van der Waals surface area contributed by atoms with Gasteiger partial charge in [0.1, 0.15) is 0 Å². The summed E-state index contributed by atoms with van der Waals surface area (Å²) in [5.41, 5.74) is 3.18. The molecule has 0 atom stereocenters. The summed E-state index contributed by atoms with van der Waals surface area (Å²) >= 11 is 3.42. The van der Waals surface area contributed by atoms with Gasteiger partial charge in [0.2, 0.25) is 5.91 Å². The Morgan fingerprint density at radius 3 is 2.36 bits per heavy atom. The molecule has 0 bridgehead atoms. The lowest BCUT2D eigenvalue weighted by Gasteiger charge is -2.14. The van der Waals surface area contributed by atoms with Crippen LogP contribution in [0.1, 0.15) is 31.7 Å². The minimum atomic E-state index is 0.00132. The monoisotopic (exact) mass is 360 g/mol. The molecular weight excluding hydrogens is 340 g/mol. The normalized spacial score (nSPS) is 10.5. The van der Waals surface area contributed by atoms with Crippen molar-refractivity contribution in [3.63, 3.8) is 0 Å². The molecule has 0 saturated heterocycles. The number of halogens is 1. The average molecular weight is 361 g/mol. The summed E-state index contributed by atoms with van der Waals surface area (Å²) in [6, 6.07) is 15.8. The van der Waals surface area contributed by atoms with E-state index in [2.05, 4.69) is 52.5 Å². The summed E-state index contributed by atoms with van der Waals surface area (Å²) < 4.78 is 0.890. The van der Waals surface area contributed by atoms with Gasteiger partial charge in [-0.3, -0.25) is 4.79 Å². The van der Waals surface area contributed by atoms with Gasteiger partial charge in [0.05, 0.1) is 5.69 Å². The van der Waals surface area contributed by atoms with Gasteiger partial charge in [0.25, 0.3) is 0 Å². The first kappa shape index (κ1) is 16.6. The van der Waals surface area contributed by atoms with Gasteiger partial charge < -0.3 is 10.6 Å². The Bertz CT molecular complexity index is 640. The number of benzene rings is 2. The average Bonchev–Trinajstić information content (AvgIpc) is 2.50. The Balaban J connectivity index is 1.86. The summed E-state index contributed by atoms with van der Waals surface area (Å²) in [5.74, 6) is 0.458. The molecule has 0 spiro atoms. The van der Waals surface area contributed by atoms with Crippen molar-refractivity contribution in [2.45, 2.75) is 26.2 Å². The molecule has 0 aromatic heterocycles. The minimum Gasteiger partial charge on any atom is -0.384 e. The van der Waals surface area contributed by atoms with Gasteiger partial charge in [0, 0.05) is 23.1 Å². The van der Waals surface area contributed by atoms with Crippen molar-refractivity contribution in [1.29, 1.82) is 0 Å². The van der Waals surface area contributed by atoms with E-state index >= 15 is 0 Å². The highest BCUT2D eigenvalue weighted by molar-refractivity contribution is 9.10. The quantitative estimate of drug-likeness (QED) is 0.759. The molecule has 2 N–H and O–H groups in total. The van der Waals surface area contributed by atoms with Gasteiger partial charge in [-0.05, 0) is 45.6 Å². The molecule has 0 fully saturated rings. The molecule has 3 nitrogen and oxygen atoms in total. The van der Waals surface area contributed by atoms with Crippen LogP contribution in [-0.4, -0.2) is 12.5 Å². The maximum atomic E-state index is 12.0. The summed E-state index contributed by atoms with van der Waals surface area (Å²) in [7, 11) is 0. The molecule has 116 valence electrons. The molecule has 2 aromatic carbocycles. The molecule has 1 amide bonds. The zero-order chi connectivity index (χ0) is 15.9. The molecule has 4 heteroatoms. The van der Waals surface area contributed by atoms with Crippen molar-refractivity contribution in [2.75, 3.05) is 17.2 Å². The van der Waals surface area contributed by atoms with E-state index in [9.17, 15) is 4.79 Å². The Morgan fingerprint density at radius 1 is 1.05 bits per heavy atom. The summed E-state index contributed by atoms with van der Waals surface area (Å²) in [6.07, 6.45) is 0.424. The van der Waals surface area contributed by atoms with Gasteiger partial charge in [-0.25, -0.2) is 0 Å². The molecule has 0 heterocycles. The molecule has 0 aliphatic heterocycles. The molecule has 2 rings (SSSR count). The van der Waals surface area contributed by atoms with Crippen LogP contribution < -0.4 is 10.6 Å². The fraction of sp³-hybridized carbons (Fsp3) is 0.278. The van der Waals surface area contributed by atoms with Gasteiger partial charge in [0.15, 0.2) is 0 Å². The Morgan fingerprint density at radius 2 is 1.68 bits per heavy atom. The van der Waals surface area contributed by atoms with Crippen LogP contribution in [-0.2, 0) is 4.79 Å². The van der Waals surface area contributed by atoms with E-state index in [1.165, 1.54) is 5.56 Å². The fourth-order valence-electron chi connectivity index (χ4n) is 2.25. The number of amides is 1. The number of hydrogen-bond donors (Lipinski definition) is 2. The van der Waals surface area contributed by atoms with Crippen molar-refractivity contribution < 1.29 is 4.79 Å². The number of rotatable bonds is 6. The molecule has 0 unspecified atom stereocenters. The van der Waals surface area contributed by atoms with Crippen molar-refractivity contribution in [3.8, 4) is 0 Å². The predicted molar refractivity (Wildman–Crippen MR) is 96.4 cm³/mol. The highest BCUT2D eigenvalue weighted by atomic mass is 79.9. The second-order valence-electron chi connectivity index (χ2n) is 5.45. The first-order chi connectivity index (χ1) is 10.6. The van der Waals surface area contributed by atoms with E-state index in [-0.39, 0.29) is 5.91 Å². The van der Waals surface area contributed by atoms with E-state index in [0.717, 1.165) is 15.8 Å². The molecule has 0 aliphatic rings. The molecular formula is C18H21BrN2O. The second kappa shape index (κ2) is 7.99. The van der Waals surface area contributed by atoms with Gasteiger partial charge in [-0.1, -0.05) is 44.2 Å². The van der Waals surface area contributed by atoms with Crippen molar-refractivity contribution in [2.24, 2.45) is 0 Å². The van der Waals surface area contributed by atoms with Crippen LogP contribution in [0.2, 0.25) is 0 Å². The number of hydrogen-bond acceptors (Lipinski definition) is 2. The molecule has 22 heavy (non-hydrogen) atoms. The third kappa shape index (κ3) is 4.60. The van der Waals surface area contributed by atoms with Crippen LogP contribution in [0.5, 0.6) is 0 Å². The highest BCUT2D eigenvalue weighted by Crippen LogP contribution is 2.24. The number of para-hydroxylation sites is 2. The van der Waals surface area contributed by atoms with Gasteiger partial charge in [-0.2, -0.15) is 0 Å². The molecule has 2 aromatic rings. The Hall–Kier alpha value is -1.81. The third-order valence-electron chi connectivity index (χ3n) is 3.40. The lowest BCUT2D eigenvalue weighted by molar-refractivity contribution is -0.115. The first-order valence-corrected chi connectivity index (χ1v) is 8.24. The number of anilines is 2. The highest BCUT2D eigenvalue weighted by Gasteiger charge is 2.07. The van der Waals surface area contributed by atoms with Crippen LogP contribution in [0, 0.1) is 0 Å². The SMILES string of the molecule is CC(C)c1ccccc1NCCC(=O)Nc1ccccc1Br. The van der Waals surface area contributed by atoms with E-state index in [4.69, 9.17) is 0 Å². The largest absolute Gasteiger partial charge is 0.384 e. The van der Waals surface area contributed by atoms with Crippen molar-refractivity contribution >= 4 is 33.2 Å².